The Labute approximate surface area is 98.5 Å². The maximum atomic E-state index is 10.6. The molecular weight excluding hydrogens is 220 g/mol. The highest BCUT2D eigenvalue weighted by Crippen LogP contribution is 2.14. The van der Waals surface area contributed by atoms with Gasteiger partial charge in [0.2, 0.25) is 0 Å². The summed E-state index contributed by atoms with van der Waals surface area (Å²) >= 11 is 1.73. The highest BCUT2D eigenvalue weighted by atomic mass is 32.1. The Morgan fingerprint density at radius 3 is 2.94 bits per heavy atom. The summed E-state index contributed by atoms with van der Waals surface area (Å²) in [5.74, 6) is 0.751. The van der Waals surface area contributed by atoms with Gasteiger partial charge in [-0.05, 0) is 23.6 Å². The zero-order valence-electron chi connectivity index (χ0n) is 8.76. The molecule has 0 amide bonds. The number of aldehydes is 1. The highest BCUT2D eigenvalue weighted by Gasteiger charge is 1.97. The Morgan fingerprint density at radius 2 is 2.19 bits per heavy atom. The summed E-state index contributed by atoms with van der Waals surface area (Å²) in [7, 11) is 0. The third kappa shape index (κ3) is 2.94. The normalized spacial score (nSPS) is 10.0. The van der Waals surface area contributed by atoms with Crippen molar-refractivity contribution in [2.45, 2.75) is 6.42 Å². The Morgan fingerprint density at radius 1 is 1.25 bits per heavy atom. The lowest BCUT2D eigenvalue weighted by Gasteiger charge is -2.05. The standard InChI is InChI=1S/C13H12O2S/c14-10-11-3-1-4-12(9-11)15-7-6-13-5-2-8-16-13/h1-5,8-10H,6-7H2. The molecule has 16 heavy (non-hydrogen) atoms. The van der Waals surface area contributed by atoms with Gasteiger partial charge < -0.3 is 4.74 Å². The van der Waals surface area contributed by atoms with Crippen LogP contribution in [-0.4, -0.2) is 12.9 Å². The second-order valence-electron chi connectivity index (χ2n) is 3.37. The van der Waals surface area contributed by atoms with Crippen LogP contribution in [0.2, 0.25) is 0 Å². The molecule has 1 aromatic heterocycles. The summed E-state index contributed by atoms with van der Waals surface area (Å²) in [4.78, 5) is 11.9. The lowest BCUT2D eigenvalue weighted by Crippen LogP contribution is -2.00. The first-order valence-corrected chi connectivity index (χ1v) is 5.97. The quantitative estimate of drug-likeness (QED) is 0.740. The van der Waals surface area contributed by atoms with Crippen LogP contribution >= 0.6 is 11.3 Å². The third-order valence-corrected chi connectivity index (χ3v) is 3.13. The molecule has 0 aliphatic carbocycles. The van der Waals surface area contributed by atoms with Gasteiger partial charge in [-0.1, -0.05) is 18.2 Å². The molecule has 0 N–H and O–H groups in total. The number of hydrogen-bond donors (Lipinski definition) is 0. The van der Waals surface area contributed by atoms with Crippen LogP contribution < -0.4 is 4.74 Å². The molecule has 0 aliphatic rings. The Hall–Kier alpha value is -1.61. The number of benzene rings is 1. The molecule has 0 saturated carbocycles. The monoisotopic (exact) mass is 232 g/mol. The van der Waals surface area contributed by atoms with Gasteiger partial charge in [-0.2, -0.15) is 0 Å². The molecule has 0 radical (unpaired) electrons. The summed E-state index contributed by atoms with van der Waals surface area (Å²) < 4.78 is 5.57. The summed E-state index contributed by atoms with van der Waals surface area (Å²) in [6.45, 7) is 0.642. The summed E-state index contributed by atoms with van der Waals surface area (Å²) in [5, 5.41) is 2.06. The van der Waals surface area contributed by atoms with Gasteiger partial charge in [-0.25, -0.2) is 0 Å². The molecule has 0 spiro atoms. The largest absolute Gasteiger partial charge is 0.493 e. The lowest BCUT2D eigenvalue weighted by molar-refractivity contribution is 0.112. The summed E-state index contributed by atoms with van der Waals surface area (Å²) in [6, 6.07) is 11.3. The van der Waals surface area contributed by atoms with E-state index in [1.807, 2.05) is 18.2 Å². The Bertz CT molecular complexity index is 449. The van der Waals surface area contributed by atoms with E-state index in [9.17, 15) is 4.79 Å². The maximum Gasteiger partial charge on any atom is 0.150 e. The third-order valence-electron chi connectivity index (χ3n) is 2.19. The molecule has 0 atom stereocenters. The minimum Gasteiger partial charge on any atom is -0.493 e. The molecule has 0 bridgehead atoms. The summed E-state index contributed by atoms with van der Waals surface area (Å²) in [6.07, 6.45) is 1.73. The molecule has 1 aromatic carbocycles. The number of carbonyl (C=O) groups is 1. The Kier molecular flexibility index (Phi) is 3.72. The molecule has 0 unspecified atom stereocenters. The van der Waals surface area contributed by atoms with Gasteiger partial charge in [0.25, 0.3) is 0 Å². The molecular formula is C13H12O2S. The number of ether oxygens (including phenoxy) is 1. The predicted molar refractivity (Wildman–Crippen MR) is 65.3 cm³/mol. The fourth-order valence-electron chi connectivity index (χ4n) is 1.40. The van der Waals surface area contributed by atoms with Crippen molar-refractivity contribution in [3.05, 3.63) is 52.2 Å². The zero-order valence-corrected chi connectivity index (χ0v) is 9.57. The molecule has 0 fully saturated rings. The van der Waals surface area contributed by atoms with Gasteiger partial charge in [0.1, 0.15) is 12.0 Å². The van der Waals surface area contributed by atoms with Crippen LogP contribution in [0.4, 0.5) is 0 Å². The van der Waals surface area contributed by atoms with Crippen LogP contribution in [0.1, 0.15) is 15.2 Å². The van der Waals surface area contributed by atoms with Crippen LogP contribution in [0.25, 0.3) is 0 Å². The van der Waals surface area contributed by atoms with Crippen LogP contribution in [0.3, 0.4) is 0 Å². The minimum absolute atomic E-state index is 0.642. The fraction of sp³-hybridized carbons (Fsp3) is 0.154. The van der Waals surface area contributed by atoms with Crippen molar-refractivity contribution in [1.82, 2.24) is 0 Å². The molecule has 2 nitrogen and oxygen atoms in total. The first-order valence-electron chi connectivity index (χ1n) is 5.09. The van der Waals surface area contributed by atoms with Gasteiger partial charge in [-0.3, -0.25) is 4.79 Å². The fourth-order valence-corrected chi connectivity index (χ4v) is 2.09. The van der Waals surface area contributed by atoms with Crippen molar-refractivity contribution in [2.24, 2.45) is 0 Å². The van der Waals surface area contributed by atoms with Crippen LogP contribution in [0, 0.1) is 0 Å². The van der Waals surface area contributed by atoms with Gasteiger partial charge >= 0.3 is 0 Å². The smallest absolute Gasteiger partial charge is 0.150 e. The molecule has 2 aromatic rings. The van der Waals surface area contributed by atoms with E-state index in [1.165, 1.54) is 4.88 Å². The minimum atomic E-state index is 0.642. The number of thiophene rings is 1. The Balaban J connectivity index is 1.87. The molecule has 2 rings (SSSR count). The number of hydrogen-bond acceptors (Lipinski definition) is 3. The predicted octanol–water partition coefficient (Wildman–Crippen LogP) is 3.18. The maximum absolute atomic E-state index is 10.6. The van der Waals surface area contributed by atoms with Crippen molar-refractivity contribution >= 4 is 17.6 Å². The number of rotatable bonds is 5. The van der Waals surface area contributed by atoms with E-state index in [2.05, 4.69) is 11.4 Å². The van der Waals surface area contributed by atoms with E-state index < -0.39 is 0 Å². The zero-order chi connectivity index (χ0) is 11.2. The van der Waals surface area contributed by atoms with Crippen molar-refractivity contribution in [2.75, 3.05) is 6.61 Å². The summed E-state index contributed by atoms with van der Waals surface area (Å²) in [5.41, 5.74) is 0.647. The van der Waals surface area contributed by atoms with Crippen LogP contribution in [-0.2, 0) is 6.42 Å². The van der Waals surface area contributed by atoms with Crippen molar-refractivity contribution < 1.29 is 9.53 Å². The van der Waals surface area contributed by atoms with E-state index >= 15 is 0 Å². The first-order chi connectivity index (χ1) is 7.88. The van der Waals surface area contributed by atoms with E-state index in [4.69, 9.17) is 4.74 Å². The molecule has 0 saturated heterocycles. The van der Waals surface area contributed by atoms with Gasteiger partial charge in [0, 0.05) is 16.9 Å². The highest BCUT2D eigenvalue weighted by molar-refractivity contribution is 7.09. The van der Waals surface area contributed by atoms with Crippen LogP contribution in [0.15, 0.2) is 41.8 Å². The molecule has 0 aliphatic heterocycles. The van der Waals surface area contributed by atoms with Crippen LogP contribution in [0.5, 0.6) is 5.75 Å². The van der Waals surface area contributed by atoms with E-state index in [-0.39, 0.29) is 0 Å². The van der Waals surface area contributed by atoms with E-state index in [1.54, 1.807) is 23.5 Å². The average molecular weight is 232 g/mol. The van der Waals surface area contributed by atoms with E-state index in [0.29, 0.717) is 12.2 Å². The van der Waals surface area contributed by atoms with Crippen molar-refractivity contribution in [1.29, 1.82) is 0 Å². The lowest BCUT2D eigenvalue weighted by atomic mass is 10.2. The second kappa shape index (κ2) is 5.47. The van der Waals surface area contributed by atoms with Gasteiger partial charge in [0.05, 0.1) is 6.61 Å². The number of carbonyl (C=O) groups excluding carboxylic acids is 1. The molecule has 1 heterocycles. The topological polar surface area (TPSA) is 26.3 Å². The second-order valence-corrected chi connectivity index (χ2v) is 4.40. The molecule has 82 valence electrons. The SMILES string of the molecule is O=Cc1cccc(OCCc2cccs2)c1. The van der Waals surface area contributed by atoms with Gasteiger partial charge in [-0.15, -0.1) is 11.3 Å². The van der Waals surface area contributed by atoms with Gasteiger partial charge in [0.15, 0.2) is 0 Å². The molecule has 3 heteroatoms. The van der Waals surface area contributed by atoms with Crippen molar-refractivity contribution in [3.63, 3.8) is 0 Å². The van der Waals surface area contributed by atoms with Crippen molar-refractivity contribution in [3.8, 4) is 5.75 Å². The first kappa shape index (κ1) is 10.9. The average Bonchev–Trinajstić information content (AvgIpc) is 2.82. The van der Waals surface area contributed by atoms with E-state index in [0.717, 1.165) is 18.5 Å².